The molecular formula is C22H16ClN3OS. The molecule has 138 valence electrons. The summed E-state index contributed by atoms with van der Waals surface area (Å²) in [5, 5.41) is 6.79. The average Bonchev–Trinajstić information content (AvgIpc) is 2.73. The number of benzene rings is 3. The van der Waals surface area contributed by atoms with E-state index in [-0.39, 0.29) is 11.5 Å². The molecule has 0 unspecified atom stereocenters. The number of carbonyl (C=O) groups excluding carboxylic acids is 1. The Morgan fingerprint density at radius 1 is 0.964 bits per heavy atom. The Kier molecular flexibility index (Phi) is 5.55. The SMILES string of the molecule is O=C(CSc1nccc(Nc2cccc3ccccc23)n1)c1ccc(Cl)cc1. The number of hydrogen-bond acceptors (Lipinski definition) is 5. The van der Waals surface area contributed by atoms with Crippen LogP contribution in [0.2, 0.25) is 5.02 Å². The zero-order valence-corrected chi connectivity index (χ0v) is 16.4. The van der Waals surface area contributed by atoms with Crippen LogP contribution in [0.3, 0.4) is 0 Å². The van der Waals surface area contributed by atoms with Crippen LogP contribution in [0.1, 0.15) is 10.4 Å². The van der Waals surface area contributed by atoms with Crippen LogP contribution in [-0.2, 0) is 0 Å². The number of ketones is 1. The van der Waals surface area contributed by atoms with Crippen molar-refractivity contribution >= 4 is 51.4 Å². The van der Waals surface area contributed by atoms with Crippen LogP contribution >= 0.6 is 23.4 Å². The van der Waals surface area contributed by atoms with Crippen LogP contribution in [0.25, 0.3) is 10.8 Å². The van der Waals surface area contributed by atoms with Gasteiger partial charge in [-0.2, -0.15) is 0 Å². The van der Waals surface area contributed by atoms with Gasteiger partial charge in [-0.15, -0.1) is 0 Å². The molecule has 6 heteroatoms. The molecule has 4 aromatic rings. The molecule has 0 aliphatic rings. The summed E-state index contributed by atoms with van der Waals surface area (Å²) in [6.07, 6.45) is 1.69. The summed E-state index contributed by atoms with van der Waals surface area (Å²) in [5.41, 5.74) is 1.60. The minimum Gasteiger partial charge on any atom is -0.340 e. The van der Waals surface area contributed by atoms with Gasteiger partial charge in [-0.1, -0.05) is 59.8 Å². The second-order valence-corrected chi connectivity index (χ2v) is 7.47. The average molecular weight is 406 g/mol. The van der Waals surface area contributed by atoms with E-state index in [2.05, 4.69) is 33.5 Å². The van der Waals surface area contributed by atoms with Crippen LogP contribution in [0.5, 0.6) is 0 Å². The van der Waals surface area contributed by atoms with E-state index in [1.807, 2.05) is 30.3 Å². The van der Waals surface area contributed by atoms with Crippen LogP contribution in [0.15, 0.2) is 84.1 Å². The molecule has 0 atom stereocenters. The lowest BCUT2D eigenvalue weighted by Gasteiger charge is -2.09. The maximum atomic E-state index is 12.3. The molecule has 0 radical (unpaired) electrons. The van der Waals surface area contributed by atoms with E-state index < -0.39 is 0 Å². The van der Waals surface area contributed by atoms with Crippen LogP contribution in [-0.4, -0.2) is 21.5 Å². The predicted octanol–water partition coefficient (Wildman–Crippen LogP) is 6.00. The quantitative estimate of drug-likeness (QED) is 0.242. The highest BCUT2D eigenvalue weighted by Crippen LogP contribution is 2.26. The van der Waals surface area contributed by atoms with Gasteiger partial charge in [-0.3, -0.25) is 4.79 Å². The summed E-state index contributed by atoms with van der Waals surface area (Å²) in [5.74, 6) is 0.963. The topological polar surface area (TPSA) is 54.9 Å². The predicted molar refractivity (Wildman–Crippen MR) is 116 cm³/mol. The molecule has 1 heterocycles. The first-order valence-corrected chi connectivity index (χ1v) is 10.0. The van der Waals surface area contributed by atoms with Gasteiger partial charge >= 0.3 is 0 Å². The van der Waals surface area contributed by atoms with Crippen molar-refractivity contribution < 1.29 is 4.79 Å². The van der Waals surface area contributed by atoms with Gasteiger partial charge in [0.2, 0.25) is 0 Å². The van der Waals surface area contributed by atoms with Gasteiger partial charge in [0.05, 0.1) is 5.75 Å². The number of Topliss-reactive ketones (excluding diaryl/α,β-unsaturated/α-hetero) is 1. The highest BCUT2D eigenvalue weighted by molar-refractivity contribution is 7.99. The number of anilines is 2. The molecule has 1 N–H and O–H groups in total. The maximum Gasteiger partial charge on any atom is 0.189 e. The van der Waals surface area contributed by atoms with E-state index >= 15 is 0 Å². The summed E-state index contributed by atoms with van der Waals surface area (Å²) < 4.78 is 0. The van der Waals surface area contributed by atoms with Gasteiger partial charge in [0.15, 0.2) is 10.9 Å². The number of carbonyl (C=O) groups is 1. The largest absolute Gasteiger partial charge is 0.340 e. The second-order valence-electron chi connectivity index (χ2n) is 6.09. The molecule has 0 bridgehead atoms. The Balaban J connectivity index is 1.47. The van der Waals surface area contributed by atoms with Gasteiger partial charge < -0.3 is 5.32 Å². The molecule has 3 aromatic carbocycles. The number of nitrogens with one attached hydrogen (secondary N) is 1. The molecular weight excluding hydrogens is 390 g/mol. The monoisotopic (exact) mass is 405 g/mol. The highest BCUT2D eigenvalue weighted by atomic mass is 35.5. The van der Waals surface area contributed by atoms with E-state index in [9.17, 15) is 4.79 Å². The van der Waals surface area contributed by atoms with Crippen molar-refractivity contribution in [2.75, 3.05) is 11.1 Å². The van der Waals surface area contributed by atoms with Gasteiger partial charge in [0.1, 0.15) is 5.82 Å². The fourth-order valence-corrected chi connectivity index (χ4v) is 3.65. The van der Waals surface area contributed by atoms with Crippen molar-refractivity contribution in [3.8, 4) is 0 Å². The lowest BCUT2D eigenvalue weighted by Crippen LogP contribution is -2.03. The van der Waals surface area contributed by atoms with Crippen molar-refractivity contribution in [1.82, 2.24) is 9.97 Å². The Bertz CT molecular complexity index is 1130. The van der Waals surface area contributed by atoms with Crippen molar-refractivity contribution in [2.45, 2.75) is 5.16 Å². The first-order chi connectivity index (χ1) is 13.7. The first-order valence-electron chi connectivity index (χ1n) is 8.68. The van der Waals surface area contributed by atoms with Gasteiger partial charge in [-0.05, 0) is 41.8 Å². The zero-order valence-electron chi connectivity index (χ0n) is 14.8. The molecule has 0 amide bonds. The van der Waals surface area contributed by atoms with Crippen molar-refractivity contribution in [3.05, 3.63) is 89.6 Å². The Morgan fingerprint density at radius 3 is 2.61 bits per heavy atom. The normalized spacial score (nSPS) is 10.8. The van der Waals surface area contributed by atoms with Crippen LogP contribution in [0.4, 0.5) is 11.5 Å². The third-order valence-corrected chi connectivity index (χ3v) is 5.30. The van der Waals surface area contributed by atoms with Crippen LogP contribution < -0.4 is 5.32 Å². The Hall–Kier alpha value is -2.89. The summed E-state index contributed by atoms with van der Waals surface area (Å²) >= 11 is 7.18. The molecule has 0 aliphatic carbocycles. The minimum atomic E-state index is 0.0117. The maximum absolute atomic E-state index is 12.3. The zero-order chi connectivity index (χ0) is 19.3. The molecule has 4 nitrogen and oxygen atoms in total. The third kappa shape index (κ3) is 4.32. The second kappa shape index (κ2) is 8.42. The number of aromatic nitrogens is 2. The summed E-state index contributed by atoms with van der Waals surface area (Å²) in [7, 11) is 0. The van der Waals surface area contributed by atoms with Gasteiger partial charge in [0, 0.05) is 27.9 Å². The van der Waals surface area contributed by atoms with E-state index in [0.717, 1.165) is 16.5 Å². The van der Waals surface area contributed by atoms with Crippen LogP contribution in [0, 0.1) is 0 Å². The fraction of sp³-hybridized carbons (Fsp3) is 0.0455. The Morgan fingerprint density at radius 2 is 1.75 bits per heavy atom. The molecule has 0 fully saturated rings. The standard InChI is InChI=1S/C22H16ClN3OS/c23-17-10-8-16(9-11-17)20(27)14-28-22-24-13-12-21(26-22)25-19-7-3-5-15-4-1-2-6-18(15)19/h1-13H,14H2,(H,24,25,26). The number of thioether (sulfide) groups is 1. The summed E-state index contributed by atoms with van der Waals surface area (Å²) in [4.78, 5) is 21.1. The molecule has 4 rings (SSSR count). The molecule has 0 saturated heterocycles. The first kappa shape index (κ1) is 18.5. The summed E-state index contributed by atoms with van der Waals surface area (Å²) in [6.45, 7) is 0. The molecule has 1 aromatic heterocycles. The minimum absolute atomic E-state index is 0.0117. The van der Waals surface area contributed by atoms with E-state index in [1.165, 1.54) is 11.8 Å². The lowest BCUT2D eigenvalue weighted by atomic mass is 10.1. The summed E-state index contributed by atoms with van der Waals surface area (Å²) in [6, 6.07) is 23.0. The van der Waals surface area contributed by atoms with Crippen molar-refractivity contribution in [2.24, 2.45) is 0 Å². The number of fused-ring (bicyclic) bond motifs is 1. The van der Waals surface area contributed by atoms with Crippen molar-refractivity contribution in [1.29, 1.82) is 0 Å². The number of rotatable bonds is 6. The molecule has 28 heavy (non-hydrogen) atoms. The van der Waals surface area contributed by atoms with E-state index in [0.29, 0.717) is 21.6 Å². The van der Waals surface area contributed by atoms with Crippen molar-refractivity contribution in [3.63, 3.8) is 0 Å². The number of halogens is 1. The van der Waals surface area contributed by atoms with Gasteiger partial charge in [0.25, 0.3) is 0 Å². The fourth-order valence-electron chi connectivity index (χ4n) is 2.80. The van der Waals surface area contributed by atoms with E-state index in [1.54, 1.807) is 30.5 Å². The number of nitrogens with zero attached hydrogens (tertiary/aromatic N) is 2. The highest BCUT2D eigenvalue weighted by Gasteiger charge is 2.09. The molecule has 0 spiro atoms. The van der Waals surface area contributed by atoms with E-state index in [4.69, 9.17) is 11.6 Å². The van der Waals surface area contributed by atoms with Gasteiger partial charge in [-0.25, -0.2) is 9.97 Å². The number of hydrogen-bond donors (Lipinski definition) is 1. The lowest BCUT2D eigenvalue weighted by molar-refractivity contribution is 0.102. The molecule has 0 aliphatic heterocycles. The smallest absolute Gasteiger partial charge is 0.189 e. The molecule has 0 saturated carbocycles. The Labute approximate surface area is 172 Å². The third-order valence-electron chi connectivity index (χ3n) is 4.18.